The number of para-hydroxylation sites is 1. The first kappa shape index (κ1) is 14.3. The first-order valence-corrected chi connectivity index (χ1v) is 7.13. The Labute approximate surface area is 115 Å². The minimum Gasteiger partial charge on any atom is -0.393 e. The standard InChI is InChI=1S/C11H13N3O5S/c1-11(2)10(15)13(20(11,18)19)6-7-4-3-5-8(9(7)12)14(16)17/h3-5H,6,12H2,1-2H3. The van der Waals surface area contributed by atoms with Crippen LogP contribution in [0.5, 0.6) is 0 Å². The van der Waals surface area contributed by atoms with Crippen molar-refractivity contribution in [2.24, 2.45) is 0 Å². The Morgan fingerprint density at radius 2 is 2.00 bits per heavy atom. The Bertz CT molecular complexity index is 711. The van der Waals surface area contributed by atoms with Crippen LogP contribution in [-0.4, -0.2) is 28.3 Å². The predicted molar refractivity (Wildman–Crippen MR) is 71.1 cm³/mol. The van der Waals surface area contributed by atoms with Crippen molar-refractivity contribution >= 4 is 27.3 Å². The van der Waals surface area contributed by atoms with Gasteiger partial charge in [-0.2, -0.15) is 0 Å². The molecule has 1 aromatic rings. The van der Waals surface area contributed by atoms with Crippen molar-refractivity contribution in [3.63, 3.8) is 0 Å². The van der Waals surface area contributed by atoms with E-state index in [0.29, 0.717) is 4.31 Å². The normalized spacial score (nSPS) is 19.5. The summed E-state index contributed by atoms with van der Waals surface area (Å²) in [7, 11) is -3.74. The van der Waals surface area contributed by atoms with Crippen molar-refractivity contribution in [1.82, 2.24) is 4.31 Å². The molecule has 0 unspecified atom stereocenters. The van der Waals surface area contributed by atoms with Gasteiger partial charge >= 0.3 is 0 Å². The second-order valence-corrected chi connectivity index (χ2v) is 7.35. The Hall–Kier alpha value is -2.16. The number of nitrogens with two attached hydrogens (primary N) is 1. The summed E-state index contributed by atoms with van der Waals surface area (Å²) in [5, 5.41) is 10.8. The number of hydrogen-bond donors (Lipinski definition) is 1. The highest BCUT2D eigenvalue weighted by Crippen LogP contribution is 2.37. The van der Waals surface area contributed by atoms with E-state index in [9.17, 15) is 23.3 Å². The average Bonchev–Trinajstić information content (AvgIpc) is 2.35. The Kier molecular flexibility index (Phi) is 2.97. The molecule has 1 amide bonds. The molecule has 0 aliphatic carbocycles. The number of nitrogens with zero attached hydrogens (tertiary/aromatic N) is 2. The van der Waals surface area contributed by atoms with Crippen LogP contribution in [0.1, 0.15) is 19.4 Å². The first-order chi connectivity index (χ1) is 9.10. The maximum Gasteiger partial charge on any atom is 0.292 e. The molecule has 1 aliphatic rings. The molecule has 8 nitrogen and oxygen atoms in total. The lowest BCUT2D eigenvalue weighted by molar-refractivity contribution is -0.384. The lowest BCUT2D eigenvalue weighted by atomic mass is 10.1. The summed E-state index contributed by atoms with van der Waals surface area (Å²) in [4.78, 5) is 21.9. The van der Waals surface area contributed by atoms with Crippen molar-refractivity contribution in [1.29, 1.82) is 0 Å². The number of sulfonamides is 1. The molecule has 0 aromatic heterocycles. The van der Waals surface area contributed by atoms with E-state index in [1.165, 1.54) is 32.0 Å². The molecule has 0 spiro atoms. The van der Waals surface area contributed by atoms with Gasteiger partial charge in [-0.15, -0.1) is 0 Å². The number of carbonyl (C=O) groups is 1. The highest BCUT2D eigenvalue weighted by molar-refractivity contribution is 7.94. The maximum atomic E-state index is 11.9. The number of nitrogen functional groups attached to an aromatic ring is 1. The zero-order valence-corrected chi connectivity index (χ0v) is 11.7. The van der Waals surface area contributed by atoms with Gasteiger partial charge in [-0.1, -0.05) is 12.1 Å². The molecule has 1 fully saturated rings. The fraction of sp³-hybridized carbons (Fsp3) is 0.364. The number of benzene rings is 1. The highest BCUT2D eigenvalue weighted by atomic mass is 32.2. The van der Waals surface area contributed by atoms with E-state index in [1.807, 2.05) is 0 Å². The molecule has 0 radical (unpaired) electrons. The number of carbonyl (C=O) groups excluding carboxylic acids is 1. The number of nitro benzene ring substituents is 1. The van der Waals surface area contributed by atoms with Crippen molar-refractivity contribution in [2.45, 2.75) is 25.1 Å². The summed E-state index contributed by atoms with van der Waals surface area (Å²) in [5.41, 5.74) is 5.42. The van der Waals surface area contributed by atoms with E-state index < -0.39 is 25.6 Å². The van der Waals surface area contributed by atoms with Gasteiger partial charge in [0, 0.05) is 11.6 Å². The van der Waals surface area contributed by atoms with E-state index in [0.717, 1.165) is 0 Å². The summed E-state index contributed by atoms with van der Waals surface area (Å²) in [6, 6.07) is 4.07. The van der Waals surface area contributed by atoms with Gasteiger partial charge in [0.25, 0.3) is 21.6 Å². The minimum atomic E-state index is -3.74. The van der Waals surface area contributed by atoms with E-state index >= 15 is 0 Å². The van der Waals surface area contributed by atoms with E-state index in [1.54, 1.807) is 0 Å². The third-order valence-electron chi connectivity index (χ3n) is 3.36. The summed E-state index contributed by atoms with van der Waals surface area (Å²) < 4.78 is 23.1. The van der Waals surface area contributed by atoms with Crippen LogP contribution >= 0.6 is 0 Å². The second kappa shape index (κ2) is 4.17. The predicted octanol–water partition coefficient (Wildman–Crippen LogP) is 0.628. The SMILES string of the molecule is CC1(C)C(=O)N(Cc2cccc([N+](=O)[O-])c2N)S1(=O)=O. The van der Waals surface area contributed by atoms with E-state index in [2.05, 4.69) is 0 Å². The van der Waals surface area contributed by atoms with Crippen LogP contribution in [-0.2, 0) is 21.4 Å². The zero-order chi connectivity index (χ0) is 15.3. The van der Waals surface area contributed by atoms with Crippen LogP contribution in [0.15, 0.2) is 18.2 Å². The van der Waals surface area contributed by atoms with Crippen molar-refractivity contribution in [3.05, 3.63) is 33.9 Å². The summed E-state index contributed by atoms with van der Waals surface area (Å²) >= 11 is 0. The maximum absolute atomic E-state index is 11.9. The lowest BCUT2D eigenvalue weighted by Gasteiger charge is -2.43. The number of hydrogen-bond acceptors (Lipinski definition) is 6. The fourth-order valence-corrected chi connectivity index (χ4v) is 3.47. The van der Waals surface area contributed by atoms with E-state index in [4.69, 9.17) is 5.73 Å². The third-order valence-corrected chi connectivity index (χ3v) is 5.70. The molecule has 0 atom stereocenters. The molecule has 1 saturated heterocycles. The van der Waals surface area contributed by atoms with Crippen molar-refractivity contribution in [3.8, 4) is 0 Å². The summed E-state index contributed by atoms with van der Waals surface area (Å²) in [5.74, 6) is -0.552. The van der Waals surface area contributed by atoms with Gasteiger partial charge in [0.05, 0.1) is 11.5 Å². The molecule has 0 saturated carbocycles. The van der Waals surface area contributed by atoms with Crippen molar-refractivity contribution < 1.29 is 18.1 Å². The Balaban J connectivity index is 2.36. The van der Waals surface area contributed by atoms with Gasteiger partial charge in [-0.3, -0.25) is 14.9 Å². The van der Waals surface area contributed by atoms with Gasteiger partial charge < -0.3 is 5.73 Å². The highest BCUT2D eigenvalue weighted by Gasteiger charge is 2.60. The number of rotatable bonds is 3. The molecule has 2 rings (SSSR count). The smallest absolute Gasteiger partial charge is 0.292 e. The summed E-state index contributed by atoms with van der Waals surface area (Å²) in [6.07, 6.45) is 0. The second-order valence-electron chi connectivity index (χ2n) is 4.93. The van der Waals surface area contributed by atoms with Crippen LogP contribution in [0, 0.1) is 10.1 Å². The van der Waals surface area contributed by atoms with Gasteiger partial charge in [0.1, 0.15) is 5.69 Å². The monoisotopic (exact) mass is 299 g/mol. The molecule has 1 heterocycles. The topological polar surface area (TPSA) is 124 Å². The van der Waals surface area contributed by atoms with Crippen LogP contribution in [0.4, 0.5) is 11.4 Å². The average molecular weight is 299 g/mol. The number of amides is 1. The van der Waals surface area contributed by atoms with Crippen LogP contribution in [0.2, 0.25) is 0 Å². The van der Waals surface area contributed by atoms with Gasteiger partial charge in [-0.05, 0) is 13.8 Å². The third kappa shape index (κ3) is 1.73. The lowest BCUT2D eigenvalue weighted by Crippen LogP contribution is -2.66. The van der Waals surface area contributed by atoms with Gasteiger partial charge in [0.15, 0.2) is 4.75 Å². The molecule has 20 heavy (non-hydrogen) atoms. The molecule has 9 heteroatoms. The van der Waals surface area contributed by atoms with E-state index in [-0.39, 0.29) is 23.5 Å². The minimum absolute atomic E-state index is 0.134. The largest absolute Gasteiger partial charge is 0.393 e. The van der Waals surface area contributed by atoms with Crippen molar-refractivity contribution in [2.75, 3.05) is 5.73 Å². The molecule has 1 aromatic carbocycles. The molecule has 0 bridgehead atoms. The number of nitro groups is 1. The zero-order valence-electron chi connectivity index (χ0n) is 10.9. The van der Waals surface area contributed by atoms with Gasteiger partial charge in [-0.25, -0.2) is 12.7 Å². The molecule has 108 valence electrons. The van der Waals surface area contributed by atoms with Crippen LogP contribution in [0.3, 0.4) is 0 Å². The fourth-order valence-electron chi connectivity index (χ4n) is 1.96. The molecular weight excluding hydrogens is 286 g/mol. The Morgan fingerprint density at radius 3 is 2.50 bits per heavy atom. The van der Waals surface area contributed by atoms with Gasteiger partial charge in [0.2, 0.25) is 0 Å². The quantitative estimate of drug-likeness (QED) is 0.496. The molecule has 1 aliphatic heterocycles. The Morgan fingerprint density at radius 1 is 1.40 bits per heavy atom. The van der Waals surface area contributed by atoms with Crippen LogP contribution < -0.4 is 5.73 Å². The van der Waals surface area contributed by atoms with Crippen LogP contribution in [0.25, 0.3) is 0 Å². The molecular formula is C11H13N3O5S. The molecule has 2 N–H and O–H groups in total. The first-order valence-electron chi connectivity index (χ1n) is 5.69. The number of anilines is 1. The summed E-state index contributed by atoms with van der Waals surface area (Å²) in [6.45, 7) is 2.34.